The first-order valence-corrected chi connectivity index (χ1v) is 8.13. The van der Waals surface area contributed by atoms with Crippen LogP contribution in [-0.4, -0.2) is 14.5 Å². The van der Waals surface area contributed by atoms with Crippen LogP contribution in [0.5, 0.6) is 0 Å². The van der Waals surface area contributed by atoms with Crippen LogP contribution in [0, 0.1) is 5.92 Å². The average Bonchev–Trinajstić information content (AvgIpc) is 2.32. The molecule has 0 spiro atoms. The molecule has 18 heavy (non-hydrogen) atoms. The van der Waals surface area contributed by atoms with E-state index in [1.54, 1.807) is 12.1 Å². The SMILES string of the molecule is C[C@@H]1CCCC[C@@H]1NS(=O)(=O)c1ccc(Cl)cc1. The zero-order valence-corrected chi connectivity index (χ0v) is 12.0. The predicted octanol–water partition coefficient (Wildman–Crippen LogP) is 3.20. The van der Waals surface area contributed by atoms with Crippen LogP contribution in [0.1, 0.15) is 32.6 Å². The number of hydrogen-bond acceptors (Lipinski definition) is 2. The lowest BCUT2D eigenvalue weighted by Crippen LogP contribution is -2.40. The Labute approximate surface area is 114 Å². The second-order valence-corrected chi connectivity index (χ2v) is 7.09. The fraction of sp³-hybridized carbons (Fsp3) is 0.538. The van der Waals surface area contributed by atoms with Gasteiger partial charge in [0, 0.05) is 11.1 Å². The van der Waals surface area contributed by atoms with Crippen LogP contribution >= 0.6 is 11.6 Å². The van der Waals surface area contributed by atoms with Gasteiger partial charge in [-0.3, -0.25) is 0 Å². The van der Waals surface area contributed by atoms with Crippen molar-refractivity contribution < 1.29 is 8.42 Å². The van der Waals surface area contributed by atoms with E-state index in [9.17, 15) is 8.42 Å². The maximum Gasteiger partial charge on any atom is 0.240 e. The van der Waals surface area contributed by atoms with Gasteiger partial charge < -0.3 is 0 Å². The number of hydrogen-bond donors (Lipinski definition) is 1. The lowest BCUT2D eigenvalue weighted by Gasteiger charge is -2.29. The molecule has 100 valence electrons. The van der Waals surface area contributed by atoms with Gasteiger partial charge in [0.1, 0.15) is 0 Å². The molecule has 2 rings (SSSR count). The van der Waals surface area contributed by atoms with Crippen LogP contribution in [-0.2, 0) is 10.0 Å². The lowest BCUT2D eigenvalue weighted by atomic mass is 9.87. The molecule has 0 heterocycles. The second-order valence-electron chi connectivity index (χ2n) is 4.94. The van der Waals surface area contributed by atoms with Gasteiger partial charge in [0.2, 0.25) is 10.0 Å². The number of rotatable bonds is 3. The van der Waals surface area contributed by atoms with E-state index >= 15 is 0 Å². The van der Waals surface area contributed by atoms with Crippen molar-refractivity contribution in [2.75, 3.05) is 0 Å². The van der Waals surface area contributed by atoms with Gasteiger partial charge in [-0.2, -0.15) is 0 Å². The normalized spacial score (nSPS) is 25.0. The van der Waals surface area contributed by atoms with Crippen molar-refractivity contribution in [3.63, 3.8) is 0 Å². The Kier molecular flexibility index (Phi) is 4.30. The Bertz CT molecular complexity index is 498. The molecule has 2 atom stereocenters. The van der Waals surface area contributed by atoms with Crippen molar-refractivity contribution in [1.82, 2.24) is 4.72 Å². The van der Waals surface area contributed by atoms with Gasteiger partial charge in [-0.15, -0.1) is 0 Å². The summed E-state index contributed by atoms with van der Waals surface area (Å²) in [5.41, 5.74) is 0. The van der Waals surface area contributed by atoms with E-state index in [1.165, 1.54) is 18.6 Å². The van der Waals surface area contributed by atoms with Crippen LogP contribution < -0.4 is 4.72 Å². The fourth-order valence-corrected chi connectivity index (χ4v) is 3.88. The first-order valence-electron chi connectivity index (χ1n) is 6.27. The van der Waals surface area contributed by atoms with Crippen molar-refractivity contribution in [2.45, 2.75) is 43.5 Å². The third-order valence-corrected chi connectivity index (χ3v) is 5.30. The molecular formula is C13H18ClNO2S. The Morgan fingerprint density at radius 1 is 1.17 bits per heavy atom. The van der Waals surface area contributed by atoms with E-state index in [2.05, 4.69) is 11.6 Å². The molecule has 3 nitrogen and oxygen atoms in total. The van der Waals surface area contributed by atoms with Gasteiger partial charge >= 0.3 is 0 Å². The molecule has 0 amide bonds. The zero-order chi connectivity index (χ0) is 13.2. The van der Waals surface area contributed by atoms with Crippen LogP contribution in [0.4, 0.5) is 0 Å². The highest BCUT2D eigenvalue weighted by Crippen LogP contribution is 2.25. The standard InChI is InChI=1S/C13H18ClNO2S/c1-10-4-2-3-5-13(10)15-18(16,17)12-8-6-11(14)7-9-12/h6-10,13,15H,2-5H2,1H3/t10-,13+/m1/s1. The van der Waals surface area contributed by atoms with E-state index in [0.29, 0.717) is 10.9 Å². The predicted molar refractivity (Wildman–Crippen MR) is 73.2 cm³/mol. The van der Waals surface area contributed by atoms with Gasteiger partial charge in [-0.1, -0.05) is 31.4 Å². The molecule has 1 fully saturated rings. The highest BCUT2D eigenvalue weighted by Gasteiger charge is 2.26. The van der Waals surface area contributed by atoms with E-state index in [1.807, 2.05) is 0 Å². The third-order valence-electron chi connectivity index (χ3n) is 3.54. The number of benzene rings is 1. The molecule has 0 saturated heterocycles. The molecule has 0 bridgehead atoms. The van der Waals surface area contributed by atoms with Gasteiger partial charge in [0.25, 0.3) is 0 Å². The molecule has 0 aromatic heterocycles. The van der Waals surface area contributed by atoms with E-state index < -0.39 is 10.0 Å². The molecule has 1 saturated carbocycles. The summed E-state index contributed by atoms with van der Waals surface area (Å²) in [5.74, 6) is 0.404. The van der Waals surface area contributed by atoms with Gasteiger partial charge in [0.15, 0.2) is 0 Å². The minimum atomic E-state index is -3.42. The molecule has 1 aliphatic carbocycles. The summed E-state index contributed by atoms with van der Waals surface area (Å²) >= 11 is 5.76. The quantitative estimate of drug-likeness (QED) is 0.928. The molecule has 0 radical (unpaired) electrons. The van der Waals surface area contributed by atoms with Gasteiger partial charge in [-0.25, -0.2) is 13.1 Å². The molecule has 1 aromatic rings. The molecular weight excluding hydrogens is 270 g/mol. The number of sulfonamides is 1. The zero-order valence-electron chi connectivity index (χ0n) is 10.4. The number of nitrogens with one attached hydrogen (secondary N) is 1. The first kappa shape index (κ1) is 13.8. The molecule has 0 unspecified atom stereocenters. The maximum atomic E-state index is 12.2. The highest BCUT2D eigenvalue weighted by molar-refractivity contribution is 7.89. The lowest BCUT2D eigenvalue weighted by molar-refractivity contribution is 0.310. The third kappa shape index (κ3) is 3.25. The van der Waals surface area contributed by atoms with Crippen molar-refractivity contribution >= 4 is 21.6 Å². The summed E-state index contributed by atoms with van der Waals surface area (Å²) in [7, 11) is -3.42. The van der Waals surface area contributed by atoms with Crippen molar-refractivity contribution in [3.05, 3.63) is 29.3 Å². The monoisotopic (exact) mass is 287 g/mol. The average molecular weight is 288 g/mol. The van der Waals surface area contributed by atoms with Gasteiger partial charge in [0.05, 0.1) is 4.90 Å². The van der Waals surface area contributed by atoms with Gasteiger partial charge in [-0.05, 0) is 43.0 Å². The van der Waals surface area contributed by atoms with E-state index in [4.69, 9.17) is 11.6 Å². The van der Waals surface area contributed by atoms with Crippen molar-refractivity contribution in [1.29, 1.82) is 0 Å². The number of halogens is 1. The highest BCUT2D eigenvalue weighted by atomic mass is 35.5. The minimum absolute atomic E-state index is 0.0550. The minimum Gasteiger partial charge on any atom is -0.208 e. The summed E-state index contributed by atoms with van der Waals surface area (Å²) in [6, 6.07) is 6.33. The van der Waals surface area contributed by atoms with Crippen LogP contribution in [0.2, 0.25) is 5.02 Å². The van der Waals surface area contributed by atoms with E-state index in [0.717, 1.165) is 19.3 Å². The summed E-state index contributed by atoms with van der Waals surface area (Å²) < 4.78 is 27.2. The van der Waals surface area contributed by atoms with Crippen LogP contribution in [0.15, 0.2) is 29.2 Å². The summed E-state index contributed by atoms with van der Waals surface area (Å²) in [5, 5.41) is 0.542. The Morgan fingerprint density at radius 3 is 2.39 bits per heavy atom. The molecule has 1 aromatic carbocycles. The fourth-order valence-electron chi connectivity index (χ4n) is 2.37. The van der Waals surface area contributed by atoms with E-state index in [-0.39, 0.29) is 10.9 Å². The first-order chi connectivity index (χ1) is 8.49. The van der Waals surface area contributed by atoms with Crippen molar-refractivity contribution in [3.8, 4) is 0 Å². The molecule has 1 aliphatic rings. The topological polar surface area (TPSA) is 46.2 Å². The molecule has 5 heteroatoms. The van der Waals surface area contributed by atoms with Crippen LogP contribution in [0.25, 0.3) is 0 Å². The Hall–Kier alpha value is -0.580. The van der Waals surface area contributed by atoms with Crippen LogP contribution in [0.3, 0.4) is 0 Å². The maximum absolute atomic E-state index is 12.2. The Morgan fingerprint density at radius 2 is 1.78 bits per heavy atom. The molecule has 0 aliphatic heterocycles. The largest absolute Gasteiger partial charge is 0.240 e. The second kappa shape index (κ2) is 5.59. The van der Waals surface area contributed by atoms with Crippen molar-refractivity contribution in [2.24, 2.45) is 5.92 Å². The smallest absolute Gasteiger partial charge is 0.208 e. The summed E-state index contributed by atoms with van der Waals surface area (Å²) in [6.07, 6.45) is 4.31. The summed E-state index contributed by atoms with van der Waals surface area (Å²) in [4.78, 5) is 0.282. The Balaban J connectivity index is 2.13. The summed E-state index contributed by atoms with van der Waals surface area (Å²) in [6.45, 7) is 2.11. The molecule has 1 N–H and O–H groups in total.